The van der Waals surface area contributed by atoms with Crippen molar-refractivity contribution in [2.75, 3.05) is 55.9 Å². The van der Waals surface area contributed by atoms with Gasteiger partial charge in [-0.1, -0.05) is 42.3 Å². The number of nitrogens with zero attached hydrogens (tertiary/aromatic N) is 3. The Morgan fingerprint density at radius 3 is 2.67 bits per heavy atom. The lowest BCUT2D eigenvalue weighted by Crippen LogP contribution is -2.46. The fourth-order valence-corrected chi connectivity index (χ4v) is 4.82. The van der Waals surface area contributed by atoms with Gasteiger partial charge in [-0.2, -0.15) is 0 Å². The highest BCUT2D eigenvalue weighted by Gasteiger charge is 2.23. The standard InChI is InChI=1S/C27H33Cl2N3O4/c1-2-26(34)36-19-32-24-18-21(10-8-20(24)9-11-25(32)33)35-17-4-3-12-30-13-15-31(16-14-30)23-7-5-6-22(28)27(23)29/h5-11,18,25,33H,2-4,12-17,19H2,1H3. The van der Waals surface area contributed by atoms with E-state index in [1.165, 1.54) is 0 Å². The summed E-state index contributed by atoms with van der Waals surface area (Å²) in [6.07, 6.45) is 4.96. The van der Waals surface area contributed by atoms with Gasteiger partial charge in [0.05, 0.1) is 28.0 Å². The van der Waals surface area contributed by atoms with Crippen molar-refractivity contribution in [1.82, 2.24) is 4.90 Å². The maximum Gasteiger partial charge on any atom is 0.307 e. The van der Waals surface area contributed by atoms with Gasteiger partial charge in [-0.05, 0) is 55.3 Å². The molecule has 2 aliphatic rings. The second-order valence-corrected chi connectivity index (χ2v) is 9.70. The smallest absolute Gasteiger partial charge is 0.307 e. The maximum absolute atomic E-state index is 11.6. The van der Waals surface area contributed by atoms with Gasteiger partial charge in [-0.15, -0.1) is 0 Å². The monoisotopic (exact) mass is 533 g/mol. The highest BCUT2D eigenvalue weighted by molar-refractivity contribution is 6.43. The first-order valence-electron chi connectivity index (χ1n) is 12.4. The molecule has 0 aliphatic carbocycles. The third-order valence-electron chi connectivity index (χ3n) is 6.51. The molecule has 0 spiro atoms. The molecule has 9 heteroatoms. The average molecular weight is 534 g/mol. The first kappa shape index (κ1) is 26.6. The Balaban J connectivity index is 1.20. The molecular weight excluding hydrogens is 501 g/mol. The number of benzene rings is 2. The van der Waals surface area contributed by atoms with Gasteiger partial charge in [0.2, 0.25) is 0 Å². The largest absolute Gasteiger partial charge is 0.494 e. The van der Waals surface area contributed by atoms with Crippen LogP contribution in [-0.2, 0) is 9.53 Å². The maximum atomic E-state index is 11.6. The lowest BCUT2D eigenvalue weighted by atomic mass is 10.1. The molecule has 0 aromatic heterocycles. The summed E-state index contributed by atoms with van der Waals surface area (Å²) in [5, 5.41) is 11.6. The summed E-state index contributed by atoms with van der Waals surface area (Å²) in [6.45, 7) is 7.20. The number of unbranched alkanes of at least 4 members (excludes halogenated alkanes) is 1. The van der Waals surface area contributed by atoms with Gasteiger partial charge in [-0.25, -0.2) is 0 Å². The lowest BCUT2D eigenvalue weighted by molar-refractivity contribution is -0.143. The molecule has 7 nitrogen and oxygen atoms in total. The number of esters is 1. The molecule has 0 bridgehead atoms. The molecule has 1 N–H and O–H groups in total. The van der Waals surface area contributed by atoms with Crippen molar-refractivity contribution in [3.63, 3.8) is 0 Å². The normalized spacial score (nSPS) is 17.7. The number of fused-ring (bicyclic) bond motifs is 1. The van der Waals surface area contributed by atoms with E-state index in [4.69, 9.17) is 32.7 Å². The number of carbonyl (C=O) groups is 1. The summed E-state index contributed by atoms with van der Waals surface area (Å²) < 4.78 is 11.2. The van der Waals surface area contributed by atoms with Crippen LogP contribution in [0.1, 0.15) is 31.7 Å². The van der Waals surface area contributed by atoms with Gasteiger partial charge >= 0.3 is 5.97 Å². The van der Waals surface area contributed by atoms with Crippen molar-refractivity contribution in [2.24, 2.45) is 0 Å². The van der Waals surface area contributed by atoms with Crippen LogP contribution >= 0.6 is 23.2 Å². The van der Waals surface area contributed by atoms with Crippen molar-refractivity contribution in [3.05, 3.63) is 58.1 Å². The quantitative estimate of drug-likeness (QED) is 0.339. The molecule has 2 aromatic carbocycles. The summed E-state index contributed by atoms with van der Waals surface area (Å²) in [5.74, 6) is 0.426. The Morgan fingerprint density at radius 2 is 1.89 bits per heavy atom. The van der Waals surface area contributed by atoms with Crippen LogP contribution in [0.5, 0.6) is 5.75 Å². The van der Waals surface area contributed by atoms with Gasteiger partial charge in [0.1, 0.15) is 12.0 Å². The lowest BCUT2D eigenvalue weighted by Gasteiger charge is -2.36. The molecule has 194 valence electrons. The second kappa shape index (κ2) is 12.7. The molecule has 2 heterocycles. The minimum atomic E-state index is -0.854. The summed E-state index contributed by atoms with van der Waals surface area (Å²) in [6, 6.07) is 11.6. The third-order valence-corrected chi connectivity index (χ3v) is 7.32. The van der Waals surface area contributed by atoms with Crippen LogP contribution in [0.4, 0.5) is 11.4 Å². The highest BCUT2D eigenvalue weighted by Crippen LogP contribution is 2.33. The van der Waals surface area contributed by atoms with E-state index in [0.29, 0.717) is 23.1 Å². The summed E-state index contributed by atoms with van der Waals surface area (Å²) in [4.78, 5) is 18.0. The van der Waals surface area contributed by atoms with Crippen molar-refractivity contribution in [1.29, 1.82) is 0 Å². The van der Waals surface area contributed by atoms with Gasteiger partial charge in [0.25, 0.3) is 0 Å². The average Bonchev–Trinajstić information content (AvgIpc) is 2.89. The van der Waals surface area contributed by atoms with Crippen molar-refractivity contribution in [2.45, 2.75) is 32.4 Å². The number of ether oxygens (including phenoxy) is 2. The molecule has 2 aliphatic heterocycles. The molecule has 4 rings (SSSR count). The van der Waals surface area contributed by atoms with E-state index in [0.717, 1.165) is 68.3 Å². The predicted molar refractivity (Wildman–Crippen MR) is 145 cm³/mol. The third kappa shape index (κ3) is 6.65. The minimum absolute atomic E-state index is 0.00852. The van der Waals surface area contributed by atoms with Crippen LogP contribution < -0.4 is 14.5 Å². The Morgan fingerprint density at radius 1 is 1.08 bits per heavy atom. The number of anilines is 2. The van der Waals surface area contributed by atoms with Crippen molar-refractivity contribution in [3.8, 4) is 5.75 Å². The van der Waals surface area contributed by atoms with E-state index in [9.17, 15) is 9.90 Å². The van der Waals surface area contributed by atoms with Crippen LogP contribution in [0.2, 0.25) is 10.0 Å². The van der Waals surface area contributed by atoms with Crippen molar-refractivity contribution >= 4 is 46.6 Å². The Kier molecular flexibility index (Phi) is 9.37. The number of aliphatic hydroxyl groups excluding tert-OH is 1. The van der Waals surface area contributed by atoms with E-state index in [1.807, 2.05) is 42.5 Å². The minimum Gasteiger partial charge on any atom is -0.494 e. The predicted octanol–water partition coefficient (Wildman–Crippen LogP) is 5.04. The van der Waals surface area contributed by atoms with Gasteiger partial charge in [-0.3, -0.25) is 9.69 Å². The molecule has 1 fully saturated rings. The van der Waals surface area contributed by atoms with Crippen LogP contribution in [-0.4, -0.2) is 68.3 Å². The van der Waals surface area contributed by atoms with Crippen LogP contribution in [0.3, 0.4) is 0 Å². The zero-order valence-corrected chi connectivity index (χ0v) is 22.0. The van der Waals surface area contributed by atoms with Crippen LogP contribution in [0, 0.1) is 0 Å². The molecular formula is C27H33Cl2N3O4. The van der Waals surface area contributed by atoms with E-state index in [-0.39, 0.29) is 12.7 Å². The zero-order chi connectivity index (χ0) is 25.5. The molecule has 1 unspecified atom stereocenters. The SMILES string of the molecule is CCC(=O)OCN1c2cc(OCCCCN3CCN(c4cccc(Cl)c4Cl)CC3)ccc2C=CC1O. The molecule has 0 saturated carbocycles. The van der Waals surface area contributed by atoms with E-state index >= 15 is 0 Å². The summed E-state index contributed by atoms with van der Waals surface area (Å²) in [5.41, 5.74) is 2.73. The van der Waals surface area contributed by atoms with Crippen LogP contribution in [0.25, 0.3) is 6.08 Å². The zero-order valence-electron chi connectivity index (χ0n) is 20.5. The Labute approximate surface area is 222 Å². The number of hydrogen-bond donors (Lipinski definition) is 1. The number of halogens is 2. The Bertz CT molecular complexity index is 1070. The van der Waals surface area contributed by atoms with Crippen LogP contribution in [0.15, 0.2) is 42.5 Å². The molecule has 2 aromatic rings. The first-order chi connectivity index (χ1) is 17.5. The fourth-order valence-electron chi connectivity index (χ4n) is 4.41. The topological polar surface area (TPSA) is 65.5 Å². The highest BCUT2D eigenvalue weighted by atomic mass is 35.5. The number of piperazine rings is 1. The first-order valence-corrected chi connectivity index (χ1v) is 13.2. The van der Waals surface area contributed by atoms with Crippen molar-refractivity contribution < 1.29 is 19.4 Å². The molecule has 1 atom stereocenters. The number of carbonyl (C=O) groups excluding carboxylic acids is 1. The number of hydrogen-bond acceptors (Lipinski definition) is 7. The van der Waals surface area contributed by atoms with Gasteiger partial charge in [0, 0.05) is 38.7 Å². The van der Waals surface area contributed by atoms with E-state index < -0.39 is 6.23 Å². The Hall–Kier alpha value is -2.45. The fraction of sp³-hybridized carbons (Fsp3) is 0.444. The van der Waals surface area contributed by atoms with E-state index in [1.54, 1.807) is 17.9 Å². The number of rotatable bonds is 10. The molecule has 0 radical (unpaired) electrons. The molecule has 1 saturated heterocycles. The molecule has 36 heavy (non-hydrogen) atoms. The van der Waals surface area contributed by atoms with Gasteiger partial charge < -0.3 is 24.4 Å². The summed E-state index contributed by atoms with van der Waals surface area (Å²) >= 11 is 12.5. The molecule has 0 amide bonds. The summed E-state index contributed by atoms with van der Waals surface area (Å²) in [7, 11) is 0. The van der Waals surface area contributed by atoms with E-state index in [2.05, 4.69) is 9.80 Å². The second-order valence-electron chi connectivity index (χ2n) is 8.92. The number of aliphatic hydroxyl groups is 1. The van der Waals surface area contributed by atoms with Gasteiger partial charge in [0.15, 0.2) is 6.73 Å².